The number of halogens is 1. The third-order valence-corrected chi connectivity index (χ3v) is 1.94. The molecule has 0 aliphatic carbocycles. The average Bonchev–Trinajstić information content (AvgIpc) is 2.04. The van der Waals surface area contributed by atoms with Gasteiger partial charge in [0.2, 0.25) is 5.91 Å². The first kappa shape index (κ1) is 11.4. The Bertz CT molecular complexity index is 170. The van der Waals surface area contributed by atoms with E-state index < -0.39 is 0 Å². The zero-order chi connectivity index (χ0) is 9.56. The summed E-state index contributed by atoms with van der Waals surface area (Å²) in [5.41, 5.74) is 0. The maximum atomic E-state index is 11.1. The van der Waals surface area contributed by atoms with Gasteiger partial charge in [0.15, 0.2) is 5.78 Å². The lowest BCUT2D eigenvalue weighted by molar-refractivity contribution is -0.121. The summed E-state index contributed by atoms with van der Waals surface area (Å²) in [5, 5.41) is 2.59. The maximum Gasteiger partial charge on any atom is 0.216 e. The first-order valence-electron chi connectivity index (χ1n) is 3.94. The molecular weight excluding hydrogens is 178 g/mol. The fourth-order valence-corrected chi connectivity index (χ4v) is 1.08. The lowest BCUT2D eigenvalue weighted by Crippen LogP contribution is -2.31. The average molecular weight is 192 g/mol. The van der Waals surface area contributed by atoms with Crippen molar-refractivity contribution in [3.05, 3.63) is 0 Å². The number of nitrogens with one attached hydrogen (secondary N) is 1. The molecule has 1 amide bonds. The zero-order valence-corrected chi connectivity index (χ0v) is 8.15. The Kier molecular flexibility index (Phi) is 5.72. The molecule has 0 heterocycles. The van der Waals surface area contributed by atoms with Crippen molar-refractivity contribution in [2.45, 2.75) is 20.3 Å². The Labute approximate surface area is 77.5 Å². The molecule has 1 N–H and O–H groups in total. The molecule has 12 heavy (non-hydrogen) atoms. The van der Waals surface area contributed by atoms with Crippen LogP contribution in [0.4, 0.5) is 0 Å². The number of Topliss-reactive ketones (excluding diaryl/α,β-unsaturated/α-hetero) is 1. The molecule has 0 bridgehead atoms. The number of rotatable bonds is 5. The predicted molar refractivity (Wildman–Crippen MR) is 48.2 cm³/mol. The first-order valence-corrected chi connectivity index (χ1v) is 4.48. The van der Waals surface area contributed by atoms with Crippen molar-refractivity contribution in [2.75, 3.05) is 12.4 Å². The highest BCUT2D eigenvalue weighted by atomic mass is 35.5. The molecule has 0 fully saturated rings. The molecule has 0 aliphatic heterocycles. The van der Waals surface area contributed by atoms with Crippen LogP contribution in [-0.2, 0) is 9.59 Å². The van der Waals surface area contributed by atoms with Gasteiger partial charge >= 0.3 is 0 Å². The largest absolute Gasteiger partial charge is 0.356 e. The van der Waals surface area contributed by atoms with Gasteiger partial charge in [-0.15, -0.1) is 11.6 Å². The van der Waals surface area contributed by atoms with Gasteiger partial charge in [-0.3, -0.25) is 9.59 Å². The number of carbonyl (C=O) groups excluding carboxylic acids is 2. The second-order valence-corrected chi connectivity index (χ2v) is 2.91. The summed E-state index contributed by atoms with van der Waals surface area (Å²) in [6.45, 7) is 3.73. The molecule has 0 spiro atoms. The number of alkyl halides is 1. The van der Waals surface area contributed by atoms with Crippen molar-refractivity contribution in [1.29, 1.82) is 0 Å². The van der Waals surface area contributed by atoms with E-state index in [0.29, 0.717) is 13.0 Å². The van der Waals surface area contributed by atoms with E-state index in [9.17, 15) is 9.59 Å². The number of carbonyl (C=O) groups is 2. The minimum absolute atomic E-state index is 0.00656. The standard InChI is InChI=1S/C8H14ClNO2/c1-3-7(8(12)4-9)5-10-6(2)11/h7H,3-5H2,1-2H3,(H,10,11). The molecule has 0 saturated heterocycles. The fraction of sp³-hybridized carbons (Fsp3) is 0.750. The van der Waals surface area contributed by atoms with Crippen LogP contribution in [0.3, 0.4) is 0 Å². The van der Waals surface area contributed by atoms with E-state index in [1.807, 2.05) is 6.92 Å². The summed E-state index contributed by atoms with van der Waals surface area (Å²) >= 11 is 5.38. The number of hydrogen-bond donors (Lipinski definition) is 1. The maximum absolute atomic E-state index is 11.1. The van der Waals surface area contributed by atoms with Crippen molar-refractivity contribution in [2.24, 2.45) is 5.92 Å². The van der Waals surface area contributed by atoms with Gasteiger partial charge in [0.1, 0.15) is 0 Å². The van der Waals surface area contributed by atoms with E-state index >= 15 is 0 Å². The SMILES string of the molecule is CCC(CNC(C)=O)C(=O)CCl. The third-order valence-electron chi connectivity index (χ3n) is 1.68. The monoisotopic (exact) mass is 191 g/mol. The van der Waals surface area contributed by atoms with E-state index in [0.717, 1.165) is 0 Å². The van der Waals surface area contributed by atoms with Crippen LogP contribution in [-0.4, -0.2) is 24.1 Å². The van der Waals surface area contributed by atoms with Gasteiger partial charge in [-0.05, 0) is 6.42 Å². The van der Waals surface area contributed by atoms with E-state index in [-0.39, 0.29) is 23.5 Å². The van der Waals surface area contributed by atoms with Crippen molar-refractivity contribution < 1.29 is 9.59 Å². The van der Waals surface area contributed by atoms with Crippen LogP contribution in [0.2, 0.25) is 0 Å². The molecule has 0 aromatic rings. The highest BCUT2D eigenvalue weighted by Crippen LogP contribution is 2.03. The summed E-state index contributed by atoms with van der Waals surface area (Å²) in [6.07, 6.45) is 0.714. The smallest absolute Gasteiger partial charge is 0.216 e. The van der Waals surface area contributed by atoms with E-state index in [2.05, 4.69) is 5.32 Å². The quantitative estimate of drug-likeness (QED) is 0.658. The third kappa shape index (κ3) is 4.34. The molecule has 0 saturated carbocycles. The molecule has 4 heteroatoms. The van der Waals surface area contributed by atoms with Crippen LogP contribution in [0, 0.1) is 5.92 Å². The van der Waals surface area contributed by atoms with E-state index in [1.165, 1.54) is 6.92 Å². The van der Waals surface area contributed by atoms with Gasteiger partial charge < -0.3 is 5.32 Å². The van der Waals surface area contributed by atoms with Crippen LogP contribution in [0.1, 0.15) is 20.3 Å². The number of hydrogen-bond acceptors (Lipinski definition) is 2. The Balaban J connectivity index is 3.83. The molecule has 0 aromatic heterocycles. The summed E-state index contributed by atoms with van der Waals surface area (Å²) < 4.78 is 0. The summed E-state index contributed by atoms with van der Waals surface area (Å²) in [5.74, 6) is -0.229. The van der Waals surface area contributed by atoms with Gasteiger partial charge in [-0.25, -0.2) is 0 Å². The van der Waals surface area contributed by atoms with Crippen molar-refractivity contribution in [3.63, 3.8) is 0 Å². The topological polar surface area (TPSA) is 46.2 Å². The normalized spacial score (nSPS) is 12.2. The van der Waals surface area contributed by atoms with Crippen molar-refractivity contribution in [1.82, 2.24) is 5.32 Å². The lowest BCUT2D eigenvalue weighted by atomic mass is 10.0. The predicted octanol–water partition coefficient (Wildman–Crippen LogP) is 0.957. The van der Waals surface area contributed by atoms with Gasteiger partial charge in [0, 0.05) is 19.4 Å². The Hall–Kier alpha value is -0.570. The second-order valence-electron chi connectivity index (χ2n) is 2.64. The molecule has 1 atom stereocenters. The molecule has 0 aromatic carbocycles. The molecule has 70 valence electrons. The summed E-state index contributed by atoms with van der Waals surface area (Å²) in [4.78, 5) is 21.6. The highest BCUT2D eigenvalue weighted by Gasteiger charge is 2.14. The molecule has 0 radical (unpaired) electrons. The van der Waals surface area contributed by atoms with E-state index in [4.69, 9.17) is 11.6 Å². The number of amides is 1. The molecule has 1 unspecified atom stereocenters. The molecule has 0 rings (SSSR count). The van der Waals surface area contributed by atoms with Crippen molar-refractivity contribution in [3.8, 4) is 0 Å². The van der Waals surface area contributed by atoms with E-state index in [1.54, 1.807) is 0 Å². The van der Waals surface area contributed by atoms with Crippen LogP contribution < -0.4 is 5.32 Å². The zero-order valence-electron chi connectivity index (χ0n) is 7.39. The molecule has 0 aliphatic rings. The van der Waals surface area contributed by atoms with Gasteiger partial charge in [-0.2, -0.15) is 0 Å². The fourth-order valence-electron chi connectivity index (χ4n) is 0.862. The van der Waals surface area contributed by atoms with Crippen LogP contribution in [0.25, 0.3) is 0 Å². The second kappa shape index (κ2) is 6.00. The lowest BCUT2D eigenvalue weighted by Gasteiger charge is -2.11. The van der Waals surface area contributed by atoms with Crippen molar-refractivity contribution >= 4 is 23.3 Å². The highest BCUT2D eigenvalue weighted by molar-refractivity contribution is 6.27. The molecule has 3 nitrogen and oxygen atoms in total. The van der Waals surface area contributed by atoms with Gasteiger partial charge in [0.05, 0.1) is 5.88 Å². The summed E-state index contributed by atoms with van der Waals surface area (Å²) in [6, 6.07) is 0. The molecular formula is C8H14ClNO2. The van der Waals surface area contributed by atoms with Crippen LogP contribution in [0.5, 0.6) is 0 Å². The minimum Gasteiger partial charge on any atom is -0.356 e. The number of ketones is 1. The Morgan fingerprint density at radius 3 is 2.42 bits per heavy atom. The van der Waals surface area contributed by atoms with Gasteiger partial charge in [-0.1, -0.05) is 6.92 Å². The minimum atomic E-state index is -0.133. The Morgan fingerprint density at radius 1 is 1.50 bits per heavy atom. The van der Waals surface area contributed by atoms with Crippen LogP contribution in [0.15, 0.2) is 0 Å². The first-order chi connectivity index (χ1) is 5.61. The summed E-state index contributed by atoms with van der Waals surface area (Å²) in [7, 11) is 0. The van der Waals surface area contributed by atoms with Crippen LogP contribution >= 0.6 is 11.6 Å². The Morgan fingerprint density at radius 2 is 2.08 bits per heavy atom. The van der Waals surface area contributed by atoms with Gasteiger partial charge in [0.25, 0.3) is 0 Å².